The number of rotatable bonds is 3. The van der Waals surface area contributed by atoms with E-state index in [1.54, 1.807) is 0 Å². The van der Waals surface area contributed by atoms with Crippen molar-refractivity contribution in [3.05, 3.63) is 45.8 Å². The number of benzene rings is 1. The number of hydrogen-bond acceptors (Lipinski definition) is 6. The van der Waals surface area contributed by atoms with Gasteiger partial charge in [0.1, 0.15) is 0 Å². The van der Waals surface area contributed by atoms with Gasteiger partial charge in [0.05, 0.1) is 11.1 Å². The van der Waals surface area contributed by atoms with E-state index in [2.05, 4.69) is 4.98 Å². The van der Waals surface area contributed by atoms with Crippen molar-refractivity contribution in [2.45, 2.75) is 14.9 Å². The summed E-state index contributed by atoms with van der Waals surface area (Å²) >= 11 is 5.67. The molecule has 0 amide bonds. The maximum atomic E-state index is 12.3. The van der Waals surface area contributed by atoms with Gasteiger partial charge in [0.15, 0.2) is 4.90 Å². The maximum absolute atomic E-state index is 12.3. The molecule has 1 aromatic carbocycles. The molecule has 0 spiro atoms. The summed E-state index contributed by atoms with van der Waals surface area (Å²) in [5, 5.41) is -0.254. The predicted octanol–water partition coefficient (Wildman–Crippen LogP) is 0.660. The Morgan fingerprint density at radius 3 is 2.14 bits per heavy atom. The van der Waals surface area contributed by atoms with E-state index in [0.717, 1.165) is 12.5 Å². The van der Waals surface area contributed by atoms with Gasteiger partial charge in [0.25, 0.3) is 5.56 Å². The molecule has 7 nitrogen and oxygen atoms in total. The van der Waals surface area contributed by atoms with Gasteiger partial charge in [-0.05, 0) is 24.3 Å². The third kappa shape index (κ3) is 3.14. The van der Waals surface area contributed by atoms with Crippen LogP contribution >= 0.6 is 11.6 Å². The highest BCUT2D eigenvalue weighted by molar-refractivity contribution is 7.91. The van der Waals surface area contributed by atoms with Crippen molar-refractivity contribution in [2.75, 3.05) is 6.26 Å². The lowest BCUT2D eigenvalue weighted by Gasteiger charge is -2.04. The second-order valence-electron chi connectivity index (χ2n) is 4.11. The molecule has 0 aliphatic carbocycles. The van der Waals surface area contributed by atoms with Gasteiger partial charge >= 0.3 is 0 Å². The Hall–Kier alpha value is -1.71. The average Bonchev–Trinajstić information content (AvgIpc) is 2.37. The van der Waals surface area contributed by atoms with Crippen LogP contribution in [0.2, 0.25) is 5.02 Å². The van der Waals surface area contributed by atoms with E-state index in [-0.39, 0.29) is 4.90 Å². The number of nitrogens with zero attached hydrogens (tertiary/aromatic N) is 1. The van der Waals surface area contributed by atoms with Crippen molar-refractivity contribution >= 4 is 31.3 Å². The van der Waals surface area contributed by atoms with Gasteiger partial charge in [0, 0.05) is 11.3 Å². The first-order chi connectivity index (χ1) is 9.62. The Labute approximate surface area is 125 Å². The van der Waals surface area contributed by atoms with Crippen LogP contribution in [0.25, 0.3) is 0 Å². The molecule has 0 saturated carbocycles. The number of H-pyrrole nitrogens is 1. The quantitative estimate of drug-likeness (QED) is 0.815. The highest BCUT2D eigenvalue weighted by atomic mass is 35.5. The molecule has 1 N–H and O–H groups in total. The average molecular weight is 349 g/mol. The molecule has 10 heteroatoms. The number of nitrogens with one attached hydrogen (secondary N) is 1. The van der Waals surface area contributed by atoms with Crippen LogP contribution in [0.3, 0.4) is 0 Å². The van der Waals surface area contributed by atoms with Gasteiger partial charge in [0.2, 0.25) is 24.8 Å². The van der Waals surface area contributed by atoms with Gasteiger partial charge in [-0.25, -0.2) is 21.8 Å². The molecule has 21 heavy (non-hydrogen) atoms. The number of sulfone groups is 2. The fraction of sp³-hybridized carbons (Fsp3) is 0.0909. The summed E-state index contributed by atoms with van der Waals surface area (Å²) in [6, 6.07) is 5.20. The van der Waals surface area contributed by atoms with Crippen molar-refractivity contribution in [1.82, 2.24) is 9.97 Å². The largest absolute Gasteiger partial charge is 0.296 e. The first-order valence-corrected chi connectivity index (χ1v) is 9.17. The molecule has 1 heterocycles. The van der Waals surface area contributed by atoms with Crippen LogP contribution in [0.4, 0.5) is 0 Å². The van der Waals surface area contributed by atoms with Crippen LogP contribution < -0.4 is 5.56 Å². The van der Waals surface area contributed by atoms with E-state index in [0.29, 0.717) is 5.02 Å². The smallest absolute Gasteiger partial charge is 0.270 e. The Morgan fingerprint density at radius 1 is 1.10 bits per heavy atom. The minimum absolute atomic E-state index is 0.147. The van der Waals surface area contributed by atoms with Gasteiger partial charge < -0.3 is 0 Å². The van der Waals surface area contributed by atoms with Crippen LogP contribution in [0.15, 0.2) is 50.2 Å². The highest BCUT2D eigenvalue weighted by Gasteiger charge is 2.23. The molecule has 2 aromatic rings. The summed E-state index contributed by atoms with van der Waals surface area (Å²) < 4.78 is 47.1. The molecule has 1 aromatic heterocycles. The summed E-state index contributed by atoms with van der Waals surface area (Å²) in [5.41, 5.74) is -1.06. The fourth-order valence-corrected chi connectivity index (χ4v) is 3.37. The second kappa shape index (κ2) is 5.24. The molecule has 112 valence electrons. The van der Waals surface area contributed by atoms with Gasteiger partial charge in [-0.3, -0.25) is 9.78 Å². The molecular weight excluding hydrogens is 340 g/mol. The predicted molar refractivity (Wildman–Crippen MR) is 74.9 cm³/mol. The molecule has 0 unspecified atom stereocenters. The number of halogens is 1. The summed E-state index contributed by atoms with van der Waals surface area (Å²) in [5.74, 6) is 0. The van der Waals surface area contributed by atoms with Crippen LogP contribution in [0.1, 0.15) is 0 Å². The molecule has 0 saturated heterocycles. The lowest BCUT2D eigenvalue weighted by atomic mass is 10.4. The number of aromatic amines is 1. The molecule has 2 rings (SSSR count). The molecule has 0 fully saturated rings. The fourth-order valence-electron chi connectivity index (χ4n) is 1.49. The first-order valence-electron chi connectivity index (χ1n) is 5.42. The van der Waals surface area contributed by atoms with E-state index in [4.69, 9.17) is 11.6 Å². The zero-order valence-corrected chi connectivity index (χ0v) is 13.0. The molecule has 0 aliphatic rings. The summed E-state index contributed by atoms with van der Waals surface area (Å²) in [6.07, 6.45) is 1.57. The topological polar surface area (TPSA) is 114 Å². The number of aromatic nitrogens is 2. The van der Waals surface area contributed by atoms with Crippen molar-refractivity contribution < 1.29 is 16.8 Å². The van der Waals surface area contributed by atoms with Gasteiger partial charge in [-0.15, -0.1) is 0 Å². The van der Waals surface area contributed by atoms with Crippen molar-refractivity contribution in [2.24, 2.45) is 0 Å². The standard InChI is InChI=1S/C11H9ClN2O5S2/c1-20(16,17)11-13-6-9(10(15)14-11)21(18,19)8-4-2-7(12)3-5-8/h2-6H,1H3,(H,13,14,15). The third-order valence-electron chi connectivity index (χ3n) is 2.51. The lowest BCUT2D eigenvalue weighted by molar-refractivity contribution is 0.584. The van der Waals surface area contributed by atoms with Crippen LogP contribution in [0.5, 0.6) is 0 Å². The maximum Gasteiger partial charge on any atom is 0.270 e. The monoisotopic (exact) mass is 348 g/mol. The first kappa shape index (κ1) is 15.7. The molecule has 0 aliphatic heterocycles. The highest BCUT2D eigenvalue weighted by Crippen LogP contribution is 2.19. The minimum Gasteiger partial charge on any atom is -0.296 e. The van der Waals surface area contributed by atoms with Crippen LogP contribution in [-0.2, 0) is 19.7 Å². The minimum atomic E-state index is -4.11. The van der Waals surface area contributed by atoms with Gasteiger partial charge in [-0.1, -0.05) is 11.6 Å². The van der Waals surface area contributed by atoms with E-state index in [1.165, 1.54) is 24.3 Å². The van der Waals surface area contributed by atoms with Crippen LogP contribution in [-0.4, -0.2) is 33.1 Å². The summed E-state index contributed by atoms with van der Waals surface area (Å²) in [6.45, 7) is 0. The molecule has 0 atom stereocenters. The molecule has 0 radical (unpaired) electrons. The van der Waals surface area contributed by atoms with Crippen LogP contribution in [0, 0.1) is 0 Å². The Balaban J connectivity index is 2.62. The lowest BCUT2D eigenvalue weighted by Crippen LogP contribution is -2.21. The molecule has 0 bridgehead atoms. The normalized spacial score (nSPS) is 12.3. The van der Waals surface area contributed by atoms with Crippen molar-refractivity contribution in [3.8, 4) is 0 Å². The zero-order chi connectivity index (χ0) is 15.8. The zero-order valence-electron chi connectivity index (χ0n) is 10.6. The summed E-state index contributed by atoms with van der Waals surface area (Å²) in [7, 11) is -7.85. The second-order valence-corrected chi connectivity index (χ2v) is 8.40. The van der Waals surface area contributed by atoms with Gasteiger partial charge in [-0.2, -0.15) is 0 Å². The van der Waals surface area contributed by atoms with E-state index >= 15 is 0 Å². The van der Waals surface area contributed by atoms with E-state index in [9.17, 15) is 21.6 Å². The van der Waals surface area contributed by atoms with Crippen molar-refractivity contribution in [1.29, 1.82) is 0 Å². The Kier molecular flexibility index (Phi) is 3.91. The summed E-state index contributed by atoms with van der Waals surface area (Å²) in [4.78, 5) is 16.4. The third-order valence-corrected chi connectivity index (χ3v) is 5.43. The Morgan fingerprint density at radius 2 is 1.67 bits per heavy atom. The van der Waals surface area contributed by atoms with E-state index in [1.807, 2.05) is 4.98 Å². The SMILES string of the molecule is CS(=O)(=O)c1ncc(S(=O)(=O)c2ccc(Cl)cc2)c(=O)[nH]1. The number of hydrogen-bond donors (Lipinski definition) is 1. The molecular formula is C11H9ClN2O5S2. The van der Waals surface area contributed by atoms with E-state index < -0.39 is 35.3 Å². The van der Waals surface area contributed by atoms with Crippen molar-refractivity contribution in [3.63, 3.8) is 0 Å². The Bertz CT molecular complexity index is 947.